The van der Waals surface area contributed by atoms with Gasteiger partial charge in [-0.2, -0.15) is 0 Å². The molecule has 3 heterocycles. The van der Waals surface area contributed by atoms with Crippen molar-refractivity contribution in [1.82, 2.24) is 19.6 Å². The van der Waals surface area contributed by atoms with E-state index in [9.17, 15) is 0 Å². The molecule has 1 atom stereocenters. The van der Waals surface area contributed by atoms with Crippen LogP contribution in [0.25, 0.3) is 5.65 Å². The number of hydrogen-bond donors (Lipinski definition) is 0. The predicted octanol–water partition coefficient (Wildman–Crippen LogP) is 2.45. The van der Waals surface area contributed by atoms with Crippen LogP contribution in [0.4, 0.5) is 0 Å². The highest BCUT2D eigenvalue weighted by Gasteiger charge is 2.28. The number of halogens is 1. The summed E-state index contributed by atoms with van der Waals surface area (Å²) in [6.07, 6.45) is 2.29. The molecule has 19 heavy (non-hydrogen) atoms. The van der Waals surface area contributed by atoms with Crippen LogP contribution in [0.5, 0.6) is 5.75 Å². The van der Waals surface area contributed by atoms with Gasteiger partial charge in [-0.3, -0.25) is 4.40 Å². The van der Waals surface area contributed by atoms with Crippen molar-refractivity contribution in [2.24, 2.45) is 0 Å². The molecular formula is C13H9ClN4O. The molecule has 5 nitrogen and oxygen atoms in total. The number of benzene rings is 1. The van der Waals surface area contributed by atoms with Crippen LogP contribution in [-0.2, 0) is 6.42 Å². The molecule has 0 amide bonds. The van der Waals surface area contributed by atoms with E-state index < -0.39 is 0 Å². The van der Waals surface area contributed by atoms with Crippen LogP contribution in [0.1, 0.15) is 17.5 Å². The van der Waals surface area contributed by atoms with E-state index in [4.69, 9.17) is 16.3 Å². The van der Waals surface area contributed by atoms with Gasteiger partial charge < -0.3 is 4.74 Å². The van der Waals surface area contributed by atoms with Gasteiger partial charge in [0.15, 0.2) is 17.6 Å². The van der Waals surface area contributed by atoms with E-state index in [2.05, 4.69) is 21.2 Å². The molecule has 0 radical (unpaired) electrons. The van der Waals surface area contributed by atoms with Crippen LogP contribution in [0, 0.1) is 0 Å². The minimum absolute atomic E-state index is 0.129. The number of hydrogen-bond acceptors (Lipinski definition) is 4. The summed E-state index contributed by atoms with van der Waals surface area (Å²) in [5.41, 5.74) is 1.86. The molecule has 1 aliphatic heterocycles. The van der Waals surface area contributed by atoms with Gasteiger partial charge in [-0.15, -0.1) is 10.2 Å². The second-order valence-corrected chi connectivity index (χ2v) is 4.80. The smallest absolute Gasteiger partial charge is 0.180 e. The quantitative estimate of drug-likeness (QED) is 0.639. The molecule has 1 unspecified atom stereocenters. The summed E-state index contributed by atoms with van der Waals surface area (Å²) in [6.45, 7) is 0. The summed E-state index contributed by atoms with van der Waals surface area (Å²) in [4.78, 5) is 4.05. The fourth-order valence-electron chi connectivity index (χ4n) is 2.34. The van der Waals surface area contributed by atoms with Gasteiger partial charge in [0.2, 0.25) is 0 Å². The first-order valence-electron chi connectivity index (χ1n) is 5.92. The first-order valence-corrected chi connectivity index (χ1v) is 6.30. The van der Waals surface area contributed by atoms with Gasteiger partial charge in [0.05, 0.1) is 0 Å². The van der Waals surface area contributed by atoms with Gasteiger partial charge in [-0.05, 0) is 11.6 Å². The highest BCUT2D eigenvalue weighted by Crippen LogP contribution is 2.35. The van der Waals surface area contributed by atoms with Crippen molar-refractivity contribution in [3.63, 3.8) is 0 Å². The van der Waals surface area contributed by atoms with Gasteiger partial charge in [-0.25, -0.2) is 4.98 Å². The lowest BCUT2D eigenvalue weighted by atomic mass is 10.1. The van der Waals surface area contributed by atoms with E-state index in [0.29, 0.717) is 10.8 Å². The summed E-state index contributed by atoms with van der Waals surface area (Å²) in [5.74, 6) is 1.65. The third-order valence-corrected chi connectivity index (χ3v) is 3.44. The zero-order valence-electron chi connectivity index (χ0n) is 9.82. The molecule has 1 aromatic carbocycles. The summed E-state index contributed by atoms with van der Waals surface area (Å²) in [5, 5.41) is 8.69. The lowest BCUT2D eigenvalue weighted by Gasteiger charge is -2.08. The zero-order valence-corrected chi connectivity index (χ0v) is 10.6. The molecule has 6 heteroatoms. The maximum Gasteiger partial charge on any atom is 0.180 e. The van der Waals surface area contributed by atoms with Crippen molar-refractivity contribution >= 4 is 17.2 Å². The summed E-state index contributed by atoms with van der Waals surface area (Å²) in [7, 11) is 0. The first kappa shape index (κ1) is 10.8. The molecule has 94 valence electrons. The molecule has 2 aromatic heterocycles. The lowest BCUT2D eigenvalue weighted by molar-refractivity contribution is 0.226. The molecule has 0 aliphatic carbocycles. The third-order valence-electron chi connectivity index (χ3n) is 3.23. The molecule has 0 saturated carbocycles. The van der Waals surface area contributed by atoms with Crippen LogP contribution < -0.4 is 4.74 Å². The monoisotopic (exact) mass is 272 g/mol. The molecule has 4 rings (SSSR count). The van der Waals surface area contributed by atoms with E-state index in [1.807, 2.05) is 22.6 Å². The van der Waals surface area contributed by atoms with E-state index in [1.54, 1.807) is 12.4 Å². The average Bonchev–Trinajstić information content (AvgIpc) is 3.00. The van der Waals surface area contributed by atoms with Gasteiger partial charge in [-0.1, -0.05) is 29.8 Å². The van der Waals surface area contributed by atoms with Crippen molar-refractivity contribution in [3.8, 4) is 5.75 Å². The number of nitrogens with zero attached hydrogens (tertiary/aromatic N) is 4. The van der Waals surface area contributed by atoms with Crippen molar-refractivity contribution in [2.75, 3.05) is 0 Å². The maximum absolute atomic E-state index is 5.91. The number of aromatic nitrogens is 4. The van der Waals surface area contributed by atoms with Crippen molar-refractivity contribution in [2.45, 2.75) is 12.5 Å². The summed E-state index contributed by atoms with van der Waals surface area (Å²) in [6, 6.07) is 9.68. The highest BCUT2D eigenvalue weighted by molar-refractivity contribution is 6.29. The van der Waals surface area contributed by atoms with Gasteiger partial charge in [0, 0.05) is 12.5 Å². The molecule has 0 N–H and O–H groups in total. The van der Waals surface area contributed by atoms with Gasteiger partial charge in [0.1, 0.15) is 17.2 Å². The molecular weight excluding hydrogens is 264 g/mol. The SMILES string of the molecule is Clc1cc2nnc(C3Cc4ccccc4O3)n2cn1. The topological polar surface area (TPSA) is 52.3 Å². The van der Waals surface area contributed by atoms with E-state index in [-0.39, 0.29) is 6.10 Å². The molecule has 3 aromatic rings. The van der Waals surface area contributed by atoms with Crippen molar-refractivity contribution < 1.29 is 4.74 Å². The largest absolute Gasteiger partial charge is 0.482 e. The second kappa shape index (κ2) is 3.93. The van der Waals surface area contributed by atoms with E-state index in [0.717, 1.165) is 18.0 Å². The highest BCUT2D eigenvalue weighted by atomic mass is 35.5. The second-order valence-electron chi connectivity index (χ2n) is 4.42. The molecule has 1 aliphatic rings. The Bertz CT molecular complexity index is 745. The standard InChI is InChI=1S/C13H9ClN4O/c14-11-6-12-16-17-13(18(12)7-15-11)10-5-8-3-1-2-4-9(8)19-10/h1-4,6-7,10H,5H2. The van der Waals surface area contributed by atoms with Crippen LogP contribution in [0.2, 0.25) is 5.15 Å². The minimum Gasteiger partial charge on any atom is -0.482 e. The summed E-state index contributed by atoms with van der Waals surface area (Å²) >= 11 is 5.84. The van der Waals surface area contributed by atoms with Gasteiger partial charge in [0.25, 0.3) is 0 Å². The lowest BCUT2D eigenvalue weighted by Crippen LogP contribution is -2.08. The van der Waals surface area contributed by atoms with Crippen LogP contribution >= 0.6 is 11.6 Å². The number of rotatable bonds is 1. The Labute approximate surface area is 113 Å². The fourth-order valence-corrected chi connectivity index (χ4v) is 2.48. The Morgan fingerprint density at radius 1 is 1.26 bits per heavy atom. The molecule has 0 bridgehead atoms. The molecule has 0 spiro atoms. The van der Waals surface area contributed by atoms with Crippen LogP contribution in [0.3, 0.4) is 0 Å². The molecule has 0 fully saturated rings. The summed E-state index contributed by atoms with van der Waals surface area (Å²) < 4.78 is 7.71. The Hall–Kier alpha value is -2.14. The first-order chi connectivity index (χ1) is 9.31. The number of para-hydroxylation sites is 1. The van der Waals surface area contributed by atoms with Crippen LogP contribution in [0.15, 0.2) is 36.7 Å². The number of fused-ring (bicyclic) bond motifs is 2. The average molecular weight is 273 g/mol. The Kier molecular flexibility index (Phi) is 2.22. The fraction of sp³-hybridized carbons (Fsp3) is 0.154. The Morgan fingerprint density at radius 2 is 2.16 bits per heavy atom. The van der Waals surface area contributed by atoms with Crippen molar-refractivity contribution in [1.29, 1.82) is 0 Å². The Morgan fingerprint density at radius 3 is 3.05 bits per heavy atom. The van der Waals surface area contributed by atoms with E-state index in [1.165, 1.54) is 5.56 Å². The third kappa shape index (κ3) is 1.66. The predicted molar refractivity (Wildman–Crippen MR) is 69.3 cm³/mol. The minimum atomic E-state index is -0.129. The number of ether oxygens (including phenoxy) is 1. The van der Waals surface area contributed by atoms with Gasteiger partial charge >= 0.3 is 0 Å². The van der Waals surface area contributed by atoms with Crippen LogP contribution in [-0.4, -0.2) is 19.6 Å². The van der Waals surface area contributed by atoms with E-state index >= 15 is 0 Å². The normalized spacial score (nSPS) is 17.4. The zero-order chi connectivity index (χ0) is 12.8. The Balaban J connectivity index is 1.77. The van der Waals surface area contributed by atoms with Crippen molar-refractivity contribution in [3.05, 3.63) is 53.2 Å². The molecule has 0 saturated heterocycles. The maximum atomic E-state index is 5.91.